The summed E-state index contributed by atoms with van der Waals surface area (Å²) in [6.07, 6.45) is 1.96. The van der Waals surface area contributed by atoms with E-state index in [1.807, 2.05) is 0 Å². The number of ether oxygens (including phenoxy) is 1. The molecule has 2 aromatic carbocycles. The van der Waals surface area contributed by atoms with E-state index in [-0.39, 0.29) is 22.7 Å². The monoisotopic (exact) mass is 296 g/mol. The first-order chi connectivity index (χ1) is 10.6. The van der Waals surface area contributed by atoms with Crippen molar-refractivity contribution in [3.63, 3.8) is 0 Å². The Balaban J connectivity index is 2.57. The third-order valence-electron chi connectivity index (χ3n) is 3.32. The molecule has 0 bridgehead atoms. The Hall–Kier alpha value is -2.88. The molecule has 4 heteroatoms. The molecule has 0 saturated heterocycles. The van der Waals surface area contributed by atoms with E-state index >= 15 is 0 Å². The predicted molar refractivity (Wildman–Crippen MR) is 83.2 cm³/mol. The van der Waals surface area contributed by atoms with Gasteiger partial charge in [-0.3, -0.25) is 4.79 Å². The van der Waals surface area contributed by atoms with Crippen molar-refractivity contribution in [2.24, 2.45) is 0 Å². The Labute approximate surface area is 128 Å². The van der Waals surface area contributed by atoms with E-state index in [9.17, 15) is 14.7 Å². The molecule has 0 atom stereocenters. The second-order valence-corrected chi connectivity index (χ2v) is 4.66. The van der Waals surface area contributed by atoms with Gasteiger partial charge in [-0.25, -0.2) is 4.79 Å². The van der Waals surface area contributed by atoms with Gasteiger partial charge in [0.25, 0.3) is 0 Å². The Bertz CT molecular complexity index is 732. The minimum atomic E-state index is -0.575. The van der Waals surface area contributed by atoms with Crippen LogP contribution in [0.15, 0.2) is 55.1 Å². The van der Waals surface area contributed by atoms with E-state index in [4.69, 9.17) is 4.74 Å². The maximum absolute atomic E-state index is 12.8. The summed E-state index contributed by atoms with van der Waals surface area (Å²) in [5.41, 5.74) is 1.27. The summed E-state index contributed by atoms with van der Waals surface area (Å²) >= 11 is 0. The molecule has 0 spiro atoms. The zero-order chi connectivity index (χ0) is 16.1. The van der Waals surface area contributed by atoms with E-state index in [1.54, 1.807) is 36.4 Å². The van der Waals surface area contributed by atoms with Crippen LogP contribution in [-0.4, -0.2) is 24.0 Å². The van der Waals surface area contributed by atoms with E-state index in [0.717, 1.165) is 0 Å². The number of carbonyl (C=O) groups excluding carboxylic acids is 2. The molecule has 0 saturated carbocycles. The van der Waals surface area contributed by atoms with Crippen molar-refractivity contribution < 1.29 is 19.4 Å². The zero-order valence-corrected chi connectivity index (χ0v) is 12.2. The van der Waals surface area contributed by atoms with Crippen LogP contribution in [0.25, 0.3) is 0 Å². The number of phenolic OH excluding ortho intramolecular Hbond substituents is 1. The molecule has 112 valence electrons. The highest BCUT2D eigenvalue weighted by Crippen LogP contribution is 2.25. The Morgan fingerprint density at radius 3 is 2.36 bits per heavy atom. The second-order valence-electron chi connectivity index (χ2n) is 4.66. The molecule has 0 aliphatic carbocycles. The van der Waals surface area contributed by atoms with Crippen molar-refractivity contribution in [2.45, 2.75) is 6.42 Å². The lowest BCUT2D eigenvalue weighted by atomic mass is 9.93. The Kier molecular flexibility index (Phi) is 4.73. The highest BCUT2D eigenvalue weighted by atomic mass is 16.5. The molecule has 2 aromatic rings. The van der Waals surface area contributed by atoms with E-state index < -0.39 is 5.97 Å². The molecule has 0 fully saturated rings. The van der Waals surface area contributed by atoms with E-state index in [0.29, 0.717) is 17.5 Å². The first kappa shape index (κ1) is 15.5. The van der Waals surface area contributed by atoms with Crippen LogP contribution in [0.5, 0.6) is 5.75 Å². The molecule has 0 aliphatic rings. The first-order valence-electron chi connectivity index (χ1n) is 6.74. The molecule has 2 rings (SSSR count). The highest BCUT2D eigenvalue weighted by molar-refractivity contribution is 6.15. The molecule has 1 N–H and O–H groups in total. The zero-order valence-electron chi connectivity index (χ0n) is 12.2. The van der Waals surface area contributed by atoms with Gasteiger partial charge in [-0.15, -0.1) is 6.58 Å². The highest BCUT2D eigenvalue weighted by Gasteiger charge is 2.21. The molecule has 0 aliphatic heterocycles. The number of aromatic hydroxyl groups is 1. The summed E-state index contributed by atoms with van der Waals surface area (Å²) in [6, 6.07) is 11.2. The quantitative estimate of drug-likeness (QED) is 0.523. The number of hydrogen-bond acceptors (Lipinski definition) is 4. The lowest BCUT2D eigenvalue weighted by Gasteiger charge is -2.11. The lowest BCUT2D eigenvalue weighted by Crippen LogP contribution is -2.12. The normalized spacial score (nSPS) is 10.0. The van der Waals surface area contributed by atoms with Crippen LogP contribution < -0.4 is 0 Å². The van der Waals surface area contributed by atoms with Crippen molar-refractivity contribution in [2.75, 3.05) is 7.11 Å². The van der Waals surface area contributed by atoms with Crippen molar-refractivity contribution in [1.82, 2.24) is 0 Å². The van der Waals surface area contributed by atoms with Crippen LogP contribution in [0.1, 0.15) is 31.8 Å². The van der Waals surface area contributed by atoms with Crippen molar-refractivity contribution >= 4 is 11.8 Å². The summed E-state index contributed by atoms with van der Waals surface area (Å²) < 4.78 is 4.71. The third-order valence-corrected chi connectivity index (χ3v) is 3.32. The number of carbonyl (C=O) groups is 2. The maximum Gasteiger partial charge on any atom is 0.338 e. The molecule has 0 aromatic heterocycles. The van der Waals surface area contributed by atoms with Gasteiger partial charge in [0, 0.05) is 16.7 Å². The van der Waals surface area contributed by atoms with E-state index in [1.165, 1.54) is 19.2 Å². The summed E-state index contributed by atoms with van der Waals surface area (Å²) in [4.78, 5) is 24.6. The molecular weight excluding hydrogens is 280 g/mol. The fourth-order valence-corrected chi connectivity index (χ4v) is 2.26. The average Bonchev–Trinajstić information content (AvgIpc) is 2.55. The average molecular weight is 296 g/mol. The number of methoxy groups -OCH3 is 1. The van der Waals surface area contributed by atoms with Crippen molar-refractivity contribution in [1.29, 1.82) is 0 Å². The number of hydrogen-bond donors (Lipinski definition) is 1. The SMILES string of the molecule is C=CCc1c(O)cccc1C(=O)c1ccccc1C(=O)OC. The minimum absolute atomic E-state index is 0.0290. The molecule has 0 unspecified atom stereocenters. The summed E-state index contributed by atoms with van der Waals surface area (Å²) in [5.74, 6) is -0.885. The predicted octanol–water partition coefficient (Wildman–Crippen LogP) is 3.14. The standard InChI is InChI=1S/C18H16O4/c1-3-7-12-13(10-6-11-16(12)19)17(20)14-8-4-5-9-15(14)18(21)22-2/h3-6,8-11,19H,1,7H2,2H3. The Morgan fingerprint density at radius 1 is 1.09 bits per heavy atom. The van der Waals surface area contributed by atoms with Crippen LogP contribution in [0, 0.1) is 0 Å². The van der Waals surface area contributed by atoms with Gasteiger partial charge in [-0.1, -0.05) is 36.4 Å². The van der Waals surface area contributed by atoms with Crippen LogP contribution in [-0.2, 0) is 11.2 Å². The van der Waals surface area contributed by atoms with Crippen LogP contribution in [0.3, 0.4) is 0 Å². The van der Waals surface area contributed by atoms with Gasteiger partial charge in [-0.2, -0.15) is 0 Å². The minimum Gasteiger partial charge on any atom is -0.508 e. The lowest BCUT2D eigenvalue weighted by molar-refractivity contribution is 0.0597. The third kappa shape index (κ3) is 2.91. The molecule has 22 heavy (non-hydrogen) atoms. The van der Waals surface area contributed by atoms with E-state index in [2.05, 4.69) is 6.58 Å². The van der Waals surface area contributed by atoms with Gasteiger partial charge in [0.2, 0.25) is 0 Å². The summed E-state index contributed by atoms with van der Waals surface area (Å²) in [7, 11) is 1.26. The van der Waals surface area contributed by atoms with Gasteiger partial charge < -0.3 is 9.84 Å². The molecule has 4 nitrogen and oxygen atoms in total. The van der Waals surface area contributed by atoms with Gasteiger partial charge in [0.15, 0.2) is 5.78 Å². The molecule has 0 heterocycles. The van der Waals surface area contributed by atoms with Gasteiger partial charge in [-0.05, 0) is 18.6 Å². The second kappa shape index (κ2) is 6.72. The smallest absolute Gasteiger partial charge is 0.338 e. The number of esters is 1. The molecule has 0 amide bonds. The van der Waals surface area contributed by atoms with Gasteiger partial charge >= 0.3 is 5.97 Å². The topological polar surface area (TPSA) is 63.6 Å². The Morgan fingerprint density at radius 2 is 1.73 bits per heavy atom. The number of ketones is 1. The number of phenols is 1. The van der Waals surface area contributed by atoms with Crippen molar-refractivity contribution in [3.05, 3.63) is 77.4 Å². The first-order valence-corrected chi connectivity index (χ1v) is 6.74. The fourth-order valence-electron chi connectivity index (χ4n) is 2.26. The summed E-state index contributed by atoms with van der Waals surface area (Å²) in [5, 5.41) is 9.95. The summed E-state index contributed by atoms with van der Waals surface area (Å²) in [6.45, 7) is 3.63. The van der Waals surface area contributed by atoms with Crippen LogP contribution in [0.2, 0.25) is 0 Å². The number of rotatable bonds is 5. The largest absolute Gasteiger partial charge is 0.508 e. The fraction of sp³-hybridized carbons (Fsp3) is 0.111. The van der Waals surface area contributed by atoms with Crippen LogP contribution >= 0.6 is 0 Å². The number of allylic oxidation sites excluding steroid dienone is 1. The van der Waals surface area contributed by atoms with Gasteiger partial charge in [0.1, 0.15) is 5.75 Å². The molecule has 0 radical (unpaired) electrons. The maximum atomic E-state index is 12.8. The van der Waals surface area contributed by atoms with Crippen LogP contribution in [0.4, 0.5) is 0 Å². The molecular formula is C18H16O4. The number of benzene rings is 2. The van der Waals surface area contributed by atoms with Crippen molar-refractivity contribution in [3.8, 4) is 5.75 Å². The van der Waals surface area contributed by atoms with Gasteiger partial charge in [0.05, 0.1) is 12.7 Å².